The van der Waals surface area contributed by atoms with E-state index in [9.17, 15) is 14.7 Å². The summed E-state index contributed by atoms with van der Waals surface area (Å²) in [7, 11) is 1.51. The molecule has 21 heavy (non-hydrogen) atoms. The van der Waals surface area contributed by atoms with E-state index in [4.69, 9.17) is 27.9 Å². The minimum atomic E-state index is -1.31. The number of ketones is 1. The fraction of sp³-hybridized carbons (Fsp3) is 0.0667. The van der Waals surface area contributed by atoms with Gasteiger partial charge >= 0.3 is 5.97 Å². The largest absolute Gasteiger partial charge is 0.497 e. The SMILES string of the molecule is COc1ccc(C(=O)c2c(Cl)ccc(Cl)c2C(=O)O)cc1. The van der Waals surface area contributed by atoms with Gasteiger partial charge in [-0.1, -0.05) is 23.2 Å². The van der Waals surface area contributed by atoms with E-state index >= 15 is 0 Å². The van der Waals surface area contributed by atoms with Crippen LogP contribution in [0.5, 0.6) is 5.75 Å². The molecule has 0 unspecified atom stereocenters. The molecule has 0 radical (unpaired) electrons. The van der Waals surface area contributed by atoms with Crippen molar-refractivity contribution >= 4 is 35.0 Å². The zero-order valence-electron chi connectivity index (χ0n) is 10.9. The summed E-state index contributed by atoms with van der Waals surface area (Å²) in [5.41, 5.74) is -0.130. The van der Waals surface area contributed by atoms with Crippen molar-refractivity contribution in [1.82, 2.24) is 0 Å². The van der Waals surface area contributed by atoms with E-state index in [1.165, 1.54) is 31.4 Å². The zero-order valence-corrected chi connectivity index (χ0v) is 12.4. The summed E-state index contributed by atoms with van der Waals surface area (Å²) in [6.07, 6.45) is 0. The van der Waals surface area contributed by atoms with Crippen molar-refractivity contribution in [2.24, 2.45) is 0 Å². The molecular formula is C15H10Cl2O4. The highest BCUT2D eigenvalue weighted by Crippen LogP contribution is 2.29. The molecule has 6 heteroatoms. The monoisotopic (exact) mass is 324 g/mol. The number of rotatable bonds is 4. The third kappa shape index (κ3) is 3.01. The smallest absolute Gasteiger partial charge is 0.338 e. The summed E-state index contributed by atoms with van der Waals surface area (Å²) in [4.78, 5) is 23.8. The average molecular weight is 325 g/mol. The van der Waals surface area contributed by atoms with Crippen LogP contribution in [0.25, 0.3) is 0 Å². The summed E-state index contributed by atoms with van der Waals surface area (Å²) in [6.45, 7) is 0. The first kappa shape index (κ1) is 15.4. The maximum absolute atomic E-state index is 12.5. The summed E-state index contributed by atoms with van der Waals surface area (Å²) in [6, 6.07) is 9.01. The number of ether oxygens (including phenoxy) is 1. The first-order chi connectivity index (χ1) is 9.95. The van der Waals surface area contributed by atoms with E-state index in [2.05, 4.69) is 0 Å². The molecule has 0 spiro atoms. The second kappa shape index (κ2) is 6.16. The molecule has 0 saturated carbocycles. The molecule has 1 N–H and O–H groups in total. The van der Waals surface area contributed by atoms with Gasteiger partial charge in [0.25, 0.3) is 0 Å². The summed E-state index contributed by atoms with van der Waals surface area (Å²) in [5, 5.41) is 9.23. The van der Waals surface area contributed by atoms with Gasteiger partial charge in [-0.05, 0) is 36.4 Å². The van der Waals surface area contributed by atoms with Gasteiger partial charge in [0.1, 0.15) is 5.75 Å². The number of benzene rings is 2. The molecule has 0 heterocycles. The van der Waals surface area contributed by atoms with Gasteiger partial charge in [-0.15, -0.1) is 0 Å². The Morgan fingerprint density at radius 1 is 0.952 bits per heavy atom. The maximum Gasteiger partial charge on any atom is 0.338 e. The van der Waals surface area contributed by atoms with Crippen LogP contribution in [0, 0.1) is 0 Å². The Morgan fingerprint density at radius 2 is 1.48 bits per heavy atom. The quantitative estimate of drug-likeness (QED) is 0.865. The number of aromatic carboxylic acids is 1. The molecule has 0 fully saturated rings. The summed E-state index contributed by atoms with van der Waals surface area (Å²) in [5.74, 6) is -1.23. The van der Waals surface area contributed by atoms with Gasteiger partial charge in [0.2, 0.25) is 0 Å². The van der Waals surface area contributed by atoms with Crippen LogP contribution in [-0.4, -0.2) is 24.0 Å². The average Bonchev–Trinajstić information content (AvgIpc) is 2.48. The van der Waals surface area contributed by atoms with Gasteiger partial charge in [-0.3, -0.25) is 4.79 Å². The lowest BCUT2D eigenvalue weighted by molar-refractivity contribution is 0.0693. The number of carboxylic acid groups (broad SMARTS) is 1. The van der Waals surface area contributed by atoms with Crippen molar-refractivity contribution in [1.29, 1.82) is 0 Å². The molecule has 2 rings (SSSR count). The number of methoxy groups -OCH3 is 1. The Labute approximate surface area is 130 Å². The third-order valence-corrected chi connectivity index (χ3v) is 3.53. The molecule has 2 aromatic rings. The molecule has 0 atom stereocenters. The number of carbonyl (C=O) groups excluding carboxylic acids is 1. The Hall–Kier alpha value is -2.04. The van der Waals surface area contributed by atoms with Crippen LogP contribution in [0.1, 0.15) is 26.3 Å². The zero-order chi connectivity index (χ0) is 15.6. The van der Waals surface area contributed by atoms with Crippen molar-refractivity contribution in [3.8, 4) is 5.75 Å². The molecule has 0 aliphatic carbocycles. The van der Waals surface area contributed by atoms with Gasteiger partial charge in [0, 0.05) is 5.56 Å². The van der Waals surface area contributed by atoms with Gasteiger partial charge in [-0.25, -0.2) is 4.79 Å². The molecule has 0 saturated heterocycles. The number of carbonyl (C=O) groups is 2. The molecule has 0 aliphatic heterocycles. The lowest BCUT2D eigenvalue weighted by Crippen LogP contribution is -2.11. The molecule has 108 valence electrons. The molecule has 0 amide bonds. The second-order valence-electron chi connectivity index (χ2n) is 4.14. The van der Waals surface area contributed by atoms with Crippen molar-refractivity contribution < 1.29 is 19.4 Å². The van der Waals surface area contributed by atoms with Gasteiger partial charge in [-0.2, -0.15) is 0 Å². The lowest BCUT2D eigenvalue weighted by Gasteiger charge is -2.10. The third-order valence-electron chi connectivity index (χ3n) is 2.90. The minimum Gasteiger partial charge on any atom is -0.497 e. The molecule has 0 aromatic heterocycles. The molecule has 2 aromatic carbocycles. The highest BCUT2D eigenvalue weighted by atomic mass is 35.5. The first-order valence-electron chi connectivity index (χ1n) is 5.85. The van der Waals surface area contributed by atoms with E-state index in [0.717, 1.165) is 0 Å². The van der Waals surface area contributed by atoms with Crippen LogP contribution in [0.15, 0.2) is 36.4 Å². The fourth-order valence-corrected chi connectivity index (χ4v) is 2.35. The summed E-state index contributed by atoms with van der Waals surface area (Å²) >= 11 is 11.8. The summed E-state index contributed by atoms with van der Waals surface area (Å²) < 4.78 is 5.01. The standard InChI is InChI=1S/C15H10Cl2O4/c1-21-9-4-2-8(3-5-9)14(18)12-10(16)6-7-11(17)13(12)15(19)20/h2-7H,1H3,(H,19,20). The van der Waals surface area contributed by atoms with E-state index in [1.54, 1.807) is 12.1 Å². The van der Waals surface area contributed by atoms with E-state index < -0.39 is 11.8 Å². The van der Waals surface area contributed by atoms with Crippen molar-refractivity contribution in [2.75, 3.05) is 7.11 Å². The van der Waals surface area contributed by atoms with Gasteiger partial charge < -0.3 is 9.84 Å². The second-order valence-corrected chi connectivity index (χ2v) is 4.96. The maximum atomic E-state index is 12.5. The first-order valence-corrected chi connectivity index (χ1v) is 6.61. The number of halogens is 2. The van der Waals surface area contributed by atoms with Crippen molar-refractivity contribution in [3.05, 3.63) is 63.1 Å². The van der Waals surface area contributed by atoms with Gasteiger partial charge in [0.15, 0.2) is 5.78 Å². The van der Waals surface area contributed by atoms with E-state index in [0.29, 0.717) is 11.3 Å². The predicted octanol–water partition coefficient (Wildman–Crippen LogP) is 3.93. The lowest BCUT2D eigenvalue weighted by atomic mass is 9.98. The van der Waals surface area contributed by atoms with E-state index in [-0.39, 0.29) is 21.2 Å². The molecule has 0 aliphatic rings. The fourth-order valence-electron chi connectivity index (χ4n) is 1.87. The number of hydrogen-bond acceptors (Lipinski definition) is 3. The molecule has 0 bridgehead atoms. The van der Waals surface area contributed by atoms with Crippen molar-refractivity contribution in [3.63, 3.8) is 0 Å². The Balaban J connectivity index is 2.57. The normalized spacial score (nSPS) is 10.2. The van der Waals surface area contributed by atoms with Crippen LogP contribution in [0.2, 0.25) is 10.0 Å². The topological polar surface area (TPSA) is 63.6 Å². The van der Waals surface area contributed by atoms with Crippen LogP contribution in [-0.2, 0) is 0 Å². The Bertz CT molecular complexity index is 708. The van der Waals surface area contributed by atoms with Gasteiger partial charge in [0.05, 0.1) is 28.3 Å². The van der Waals surface area contributed by atoms with Crippen LogP contribution < -0.4 is 4.74 Å². The van der Waals surface area contributed by atoms with E-state index in [1.807, 2.05) is 0 Å². The van der Waals surface area contributed by atoms with Crippen molar-refractivity contribution in [2.45, 2.75) is 0 Å². The number of carboxylic acids is 1. The highest BCUT2D eigenvalue weighted by molar-refractivity contribution is 6.39. The molecular weight excluding hydrogens is 315 g/mol. The van der Waals surface area contributed by atoms with Crippen LogP contribution in [0.4, 0.5) is 0 Å². The Morgan fingerprint density at radius 3 is 1.95 bits per heavy atom. The Kier molecular flexibility index (Phi) is 4.50. The van der Waals surface area contributed by atoms with Crippen LogP contribution in [0.3, 0.4) is 0 Å². The minimum absolute atomic E-state index is 0.0382. The predicted molar refractivity (Wildman–Crippen MR) is 79.8 cm³/mol. The van der Waals surface area contributed by atoms with Crippen LogP contribution >= 0.6 is 23.2 Å². The molecule has 4 nitrogen and oxygen atoms in total. The highest BCUT2D eigenvalue weighted by Gasteiger charge is 2.24. The number of hydrogen-bond donors (Lipinski definition) is 1.